The molecule has 0 amide bonds. The third-order valence-electron chi connectivity index (χ3n) is 3.89. The molecule has 0 bridgehead atoms. The fourth-order valence-electron chi connectivity index (χ4n) is 2.71. The molecule has 0 atom stereocenters. The first-order chi connectivity index (χ1) is 10.5. The number of ether oxygens (including phenoxy) is 2. The lowest BCUT2D eigenvalue weighted by molar-refractivity contribution is 0.407. The van der Waals surface area contributed by atoms with Crippen LogP contribution in [0.2, 0.25) is 0 Å². The van der Waals surface area contributed by atoms with Gasteiger partial charge in [-0.3, -0.25) is 0 Å². The number of rotatable bonds is 5. The molecule has 0 saturated carbocycles. The van der Waals surface area contributed by atoms with E-state index in [-0.39, 0.29) is 0 Å². The van der Waals surface area contributed by atoms with Gasteiger partial charge in [0.15, 0.2) is 0 Å². The SMILES string of the molecule is CC/C=C(/C)Oc1c(C)ccc2cc(C(C)C)c(OC)cc12. The Labute approximate surface area is 133 Å². The predicted octanol–water partition coefficient (Wildman–Crippen LogP) is 5.97. The quantitative estimate of drug-likeness (QED) is 0.633. The van der Waals surface area contributed by atoms with Crippen molar-refractivity contribution in [3.05, 3.63) is 47.2 Å². The molecular weight excluding hydrogens is 272 g/mol. The van der Waals surface area contributed by atoms with Gasteiger partial charge in [-0.25, -0.2) is 0 Å². The smallest absolute Gasteiger partial charge is 0.137 e. The van der Waals surface area contributed by atoms with Crippen molar-refractivity contribution in [1.29, 1.82) is 0 Å². The zero-order chi connectivity index (χ0) is 16.3. The van der Waals surface area contributed by atoms with Crippen molar-refractivity contribution in [2.24, 2.45) is 0 Å². The molecule has 2 nitrogen and oxygen atoms in total. The zero-order valence-corrected chi connectivity index (χ0v) is 14.5. The summed E-state index contributed by atoms with van der Waals surface area (Å²) < 4.78 is 11.7. The standard InChI is InChI=1S/C20H26O2/c1-7-8-15(5)22-20-14(4)9-10-16-11-17(13(2)3)19(21-6)12-18(16)20/h8-13H,7H2,1-6H3/b15-8-. The summed E-state index contributed by atoms with van der Waals surface area (Å²) in [5.41, 5.74) is 2.36. The fourth-order valence-corrected chi connectivity index (χ4v) is 2.71. The summed E-state index contributed by atoms with van der Waals surface area (Å²) in [6.07, 6.45) is 3.06. The van der Waals surface area contributed by atoms with Crippen molar-refractivity contribution in [1.82, 2.24) is 0 Å². The van der Waals surface area contributed by atoms with Crippen LogP contribution in [0.1, 0.15) is 51.2 Å². The van der Waals surface area contributed by atoms with E-state index in [9.17, 15) is 0 Å². The van der Waals surface area contributed by atoms with Gasteiger partial charge in [0.25, 0.3) is 0 Å². The molecule has 0 aliphatic rings. The van der Waals surface area contributed by atoms with Crippen LogP contribution >= 0.6 is 0 Å². The summed E-state index contributed by atoms with van der Waals surface area (Å²) in [4.78, 5) is 0. The first-order valence-corrected chi connectivity index (χ1v) is 7.93. The van der Waals surface area contributed by atoms with E-state index in [1.54, 1.807) is 7.11 Å². The molecule has 2 aromatic carbocycles. The van der Waals surface area contributed by atoms with Gasteiger partial charge in [-0.15, -0.1) is 0 Å². The number of hydrogen-bond acceptors (Lipinski definition) is 2. The van der Waals surface area contributed by atoms with E-state index in [2.05, 4.69) is 58.0 Å². The number of allylic oxidation sites excluding steroid dienone is 2. The summed E-state index contributed by atoms with van der Waals surface area (Å²) in [6.45, 7) is 10.6. The van der Waals surface area contributed by atoms with E-state index in [0.29, 0.717) is 5.92 Å². The maximum absolute atomic E-state index is 6.10. The van der Waals surface area contributed by atoms with Gasteiger partial charge in [0, 0.05) is 5.39 Å². The second-order valence-electron chi connectivity index (χ2n) is 6.01. The van der Waals surface area contributed by atoms with E-state index in [1.165, 1.54) is 10.9 Å². The maximum atomic E-state index is 6.10. The normalized spacial score (nSPS) is 12.0. The van der Waals surface area contributed by atoms with Crippen LogP contribution in [0.15, 0.2) is 36.1 Å². The molecule has 0 aromatic heterocycles. The highest BCUT2D eigenvalue weighted by Crippen LogP contribution is 2.37. The number of aryl methyl sites for hydroxylation is 1. The van der Waals surface area contributed by atoms with Gasteiger partial charge in [0.2, 0.25) is 0 Å². The van der Waals surface area contributed by atoms with E-state index >= 15 is 0 Å². The Morgan fingerprint density at radius 1 is 1.23 bits per heavy atom. The Balaban J connectivity index is 2.65. The average Bonchev–Trinajstić information content (AvgIpc) is 2.49. The highest BCUT2D eigenvalue weighted by Gasteiger charge is 2.13. The molecule has 0 radical (unpaired) electrons. The molecular formula is C20H26O2. The molecule has 0 saturated heterocycles. The Hall–Kier alpha value is -1.96. The van der Waals surface area contributed by atoms with Crippen molar-refractivity contribution in [2.75, 3.05) is 7.11 Å². The Morgan fingerprint density at radius 3 is 2.55 bits per heavy atom. The van der Waals surface area contributed by atoms with Gasteiger partial charge >= 0.3 is 0 Å². The third kappa shape index (κ3) is 3.27. The fraction of sp³-hybridized carbons (Fsp3) is 0.400. The van der Waals surface area contributed by atoms with E-state index < -0.39 is 0 Å². The molecule has 0 aliphatic heterocycles. The monoisotopic (exact) mass is 298 g/mol. The summed E-state index contributed by atoms with van der Waals surface area (Å²) in [5.74, 6) is 3.21. The molecule has 2 aromatic rings. The van der Waals surface area contributed by atoms with Gasteiger partial charge in [-0.2, -0.15) is 0 Å². The summed E-state index contributed by atoms with van der Waals surface area (Å²) >= 11 is 0. The topological polar surface area (TPSA) is 18.5 Å². The highest BCUT2D eigenvalue weighted by molar-refractivity contribution is 5.91. The molecule has 2 heteroatoms. The number of benzene rings is 2. The van der Waals surface area contributed by atoms with Crippen LogP contribution in [0.5, 0.6) is 11.5 Å². The molecule has 22 heavy (non-hydrogen) atoms. The molecule has 0 fully saturated rings. The van der Waals surface area contributed by atoms with E-state index in [4.69, 9.17) is 9.47 Å². The zero-order valence-electron chi connectivity index (χ0n) is 14.5. The Bertz CT molecular complexity index is 696. The maximum Gasteiger partial charge on any atom is 0.137 e. The number of fused-ring (bicyclic) bond motifs is 1. The van der Waals surface area contributed by atoms with Crippen LogP contribution in [0.3, 0.4) is 0 Å². The highest BCUT2D eigenvalue weighted by atomic mass is 16.5. The van der Waals surface area contributed by atoms with Crippen molar-refractivity contribution in [3.63, 3.8) is 0 Å². The number of hydrogen-bond donors (Lipinski definition) is 0. The van der Waals surface area contributed by atoms with Gasteiger partial charge in [-0.1, -0.05) is 32.9 Å². The van der Waals surface area contributed by atoms with Crippen LogP contribution in [-0.4, -0.2) is 7.11 Å². The minimum Gasteiger partial charge on any atom is -0.496 e. The van der Waals surface area contributed by atoms with Gasteiger partial charge in [-0.05, 0) is 60.9 Å². The Morgan fingerprint density at radius 2 is 1.95 bits per heavy atom. The van der Waals surface area contributed by atoms with Crippen molar-refractivity contribution in [2.45, 2.75) is 47.0 Å². The molecule has 0 aliphatic carbocycles. The summed E-state index contributed by atoms with van der Waals surface area (Å²) in [6, 6.07) is 8.59. The molecule has 0 spiro atoms. The van der Waals surface area contributed by atoms with Crippen molar-refractivity contribution in [3.8, 4) is 11.5 Å². The van der Waals surface area contributed by atoms with Crippen LogP contribution in [-0.2, 0) is 0 Å². The molecule has 118 valence electrons. The van der Waals surface area contributed by atoms with E-state index in [1.807, 2.05) is 6.92 Å². The van der Waals surface area contributed by atoms with E-state index in [0.717, 1.165) is 34.6 Å². The van der Waals surface area contributed by atoms with Crippen molar-refractivity contribution < 1.29 is 9.47 Å². The first-order valence-electron chi connectivity index (χ1n) is 7.93. The summed E-state index contributed by atoms with van der Waals surface area (Å²) in [5, 5.41) is 2.29. The minimum absolute atomic E-state index is 0.423. The lowest BCUT2D eigenvalue weighted by atomic mass is 9.96. The summed E-state index contributed by atoms with van der Waals surface area (Å²) in [7, 11) is 1.73. The first kappa shape index (κ1) is 16.4. The second-order valence-corrected chi connectivity index (χ2v) is 6.01. The van der Waals surface area contributed by atoms with Gasteiger partial charge < -0.3 is 9.47 Å². The van der Waals surface area contributed by atoms with Gasteiger partial charge in [0.1, 0.15) is 11.5 Å². The van der Waals surface area contributed by atoms with Gasteiger partial charge in [0.05, 0.1) is 12.9 Å². The second kappa shape index (κ2) is 6.87. The molecule has 0 N–H and O–H groups in total. The Kier molecular flexibility index (Phi) is 5.12. The molecule has 0 heterocycles. The predicted molar refractivity (Wildman–Crippen MR) is 94.0 cm³/mol. The van der Waals surface area contributed by atoms with Crippen LogP contribution in [0, 0.1) is 6.92 Å². The largest absolute Gasteiger partial charge is 0.496 e. The van der Waals surface area contributed by atoms with Crippen molar-refractivity contribution >= 4 is 10.8 Å². The third-order valence-corrected chi connectivity index (χ3v) is 3.89. The lowest BCUT2D eigenvalue weighted by Gasteiger charge is -2.17. The van der Waals surface area contributed by atoms with Crippen LogP contribution in [0.4, 0.5) is 0 Å². The molecule has 2 rings (SSSR count). The molecule has 0 unspecified atom stereocenters. The van der Waals surface area contributed by atoms with Crippen LogP contribution < -0.4 is 9.47 Å². The number of methoxy groups -OCH3 is 1. The average molecular weight is 298 g/mol. The minimum atomic E-state index is 0.423. The van der Waals surface area contributed by atoms with Crippen LogP contribution in [0.25, 0.3) is 10.8 Å². The lowest BCUT2D eigenvalue weighted by Crippen LogP contribution is -1.98.